The van der Waals surface area contributed by atoms with Crippen LogP contribution in [0.4, 0.5) is 0 Å². The minimum absolute atomic E-state index is 0.104. The van der Waals surface area contributed by atoms with Crippen LogP contribution < -0.4 is 5.56 Å². The molecule has 32 heavy (non-hydrogen) atoms. The average molecular weight is 465 g/mol. The molecule has 5 heterocycles. The van der Waals surface area contributed by atoms with Crippen LogP contribution in [0.1, 0.15) is 34.2 Å². The highest BCUT2D eigenvalue weighted by molar-refractivity contribution is 7.99. The molecule has 162 valence electrons. The molecule has 1 N–H and O–H groups in total. The van der Waals surface area contributed by atoms with E-state index in [-0.39, 0.29) is 10.8 Å². The Morgan fingerprint density at radius 1 is 1.25 bits per heavy atom. The molecule has 0 amide bonds. The van der Waals surface area contributed by atoms with Crippen LogP contribution in [0.15, 0.2) is 57.3 Å². The van der Waals surface area contributed by atoms with E-state index in [0.717, 1.165) is 26.6 Å². The Morgan fingerprint density at radius 3 is 2.88 bits per heavy atom. The zero-order chi connectivity index (χ0) is 22.2. The summed E-state index contributed by atoms with van der Waals surface area (Å²) >= 11 is 3.03. The number of furan rings is 1. The maximum absolute atomic E-state index is 12.7. The Morgan fingerprint density at radius 2 is 2.12 bits per heavy atom. The highest BCUT2D eigenvalue weighted by Gasteiger charge is 2.21. The minimum Gasteiger partial charge on any atom is -0.467 e. The van der Waals surface area contributed by atoms with Gasteiger partial charge in [-0.1, -0.05) is 11.8 Å². The van der Waals surface area contributed by atoms with Crippen molar-refractivity contribution >= 4 is 33.3 Å². The number of aryl methyl sites for hydroxylation is 2. The SMILES string of the molecule is Cc1sc2nc(C(C)Sc3nnc(-c4cccnc4)n3Cc3ccco3)[nH]c(=O)c2c1C. The molecule has 0 aromatic carbocycles. The van der Waals surface area contributed by atoms with Gasteiger partial charge in [0.15, 0.2) is 11.0 Å². The van der Waals surface area contributed by atoms with Crippen LogP contribution in [0.5, 0.6) is 0 Å². The normalized spacial score (nSPS) is 12.5. The molecule has 0 saturated carbocycles. The zero-order valence-corrected chi connectivity index (χ0v) is 19.3. The second-order valence-corrected chi connectivity index (χ2v) is 9.90. The Balaban J connectivity index is 1.52. The zero-order valence-electron chi connectivity index (χ0n) is 17.7. The molecule has 0 spiro atoms. The summed E-state index contributed by atoms with van der Waals surface area (Å²) < 4.78 is 7.55. The molecule has 0 aliphatic rings. The third-order valence-corrected chi connectivity index (χ3v) is 7.45. The summed E-state index contributed by atoms with van der Waals surface area (Å²) in [5, 5.41) is 10.1. The number of nitrogens with zero attached hydrogens (tertiary/aromatic N) is 5. The van der Waals surface area contributed by atoms with Gasteiger partial charge >= 0.3 is 0 Å². The maximum Gasteiger partial charge on any atom is 0.259 e. The van der Waals surface area contributed by atoms with Crippen molar-refractivity contribution in [3.63, 3.8) is 0 Å². The predicted octanol–water partition coefficient (Wildman–Crippen LogP) is 4.75. The Kier molecular flexibility index (Phi) is 5.40. The van der Waals surface area contributed by atoms with E-state index in [4.69, 9.17) is 9.40 Å². The number of fused-ring (bicyclic) bond motifs is 1. The Hall–Kier alpha value is -3.24. The van der Waals surface area contributed by atoms with Gasteiger partial charge in [0.25, 0.3) is 5.56 Å². The maximum atomic E-state index is 12.7. The fraction of sp³-hybridized carbons (Fsp3) is 0.227. The Labute approximate surface area is 191 Å². The molecule has 8 nitrogen and oxygen atoms in total. The van der Waals surface area contributed by atoms with Gasteiger partial charge in [-0.05, 0) is 50.6 Å². The third-order valence-electron chi connectivity index (χ3n) is 5.26. The molecule has 0 saturated heterocycles. The Bertz CT molecular complexity index is 1440. The number of thioether (sulfide) groups is 1. The lowest BCUT2D eigenvalue weighted by Gasteiger charge is -2.12. The molecule has 5 rings (SSSR count). The minimum atomic E-state index is -0.142. The summed E-state index contributed by atoms with van der Waals surface area (Å²) in [6.07, 6.45) is 5.13. The van der Waals surface area contributed by atoms with Gasteiger partial charge in [-0.25, -0.2) is 4.98 Å². The van der Waals surface area contributed by atoms with Gasteiger partial charge in [-0.3, -0.25) is 14.3 Å². The number of hydrogen-bond acceptors (Lipinski definition) is 8. The average Bonchev–Trinajstić information content (AvgIpc) is 3.50. The summed E-state index contributed by atoms with van der Waals surface area (Å²) in [6, 6.07) is 7.58. The quantitative estimate of drug-likeness (QED) is 0.362. The number of H-pyrrole nitrogens is 1. The molecule has 5 aromatic heterocycles. The van der Waals surface area contributed by atoms with Gasteiger partial charge in [0, 0.05) is 22.8 Å². The number of pyridine rings is 1. The number of nitrogens with one attached hydrogen (secondary N) is 1. The van der Waals surface area contributed by atoms with Crippen molar-refractivity contribution in [2.75, 3.05) is 0 Å². The first kappa shape index (κ1) is 20.7. The van der Waals surface area contributed by atoms with Crippen molar-refractivity contribution < 1.29 is 4.42 Å². The second-order valence-electron chi connectivity index (χ2n) is 7.39. The van der Waals surface area contributed by atoms with Gasteiger partial charge in [0.05, 0.1) is 23.4 Å². The fourth-order valence-corrected chi connectivity index (χ4v) is 5.41. The summed E-state index contributed by atoms with van der Waals surface area (Å²) in [4.78, 5) is 26.5. The number of rotatable bonds is 6. The lowest BCUT2D eigenvalue weighted by Crippen LogP contribution is -2.13. The van der Waals surface area contributed by atoms with Gasteiger partial charge in [0.1, 0.15) is 16.4 Å². The predicted molar refractivity (Wildman–Crippen MR) is 125 cm³/mol. The van der Waals surface area contributed by atoms with Crippen molar-refractivity contribution in [2.45, 2.75) is 37.7 Å². The number of thiophene rings is 1. The molecule has 0 bridgehead atoms. The third kappa shape index (κ3) is 3.76. The lowest BCUT2D eigenvalue weighted by atomic mass is 10.2. The van der Waals surface area contributed by atoms with E-state index in [1.807, 2.05) is 49.6 Å². The summed E-state index contributed by atoms with van der Waals surface area (Å²) in [5.41, 5.74) is 1.75. The standard InChI is InChI=1S/C22H20N6O2S2/c1-12-13(2)31-21-17(12)20(29)24-18(25-21)14(3)32-22-27-26-19(15-6-4-8-23-10-15)28(22)11-16-7-5-9-30-16/h4-10,14H,11H2,1-3H3,(H,24,25,29). The van der Waals surface area contributed by atoms with E-state index in [1.54, 1.807) is 30.0 Å². The van der Waals surface area contributed by atoms with Crippen LogP contribution in [0.25, 0.3) is 21.6 Å². The van der Waals surface area contributed by atoms with Crippen LogP contribution in [0, 0.1) is 13.8 Å². The lowest BCUT2D eigenvalue weighted by molar-refractivity contribution is 0.485. The van der Waals surface area contributed by atoms with E-state index in [9.17, 15) is 4.79 Å². The largest absolute Gasteiger partial charge is 0.467 e. The highest BCUT2D eigenvalue weighted by atomic mass is 32.2. The van der Waals surface area contributed by atoms with E-state index in [2.05, 4.69) is 20.2 Å². The van der Waals surface area contributed by atoms with Crippen LogP contribution in [-0.2, 0) is 6.54 Å². The van der Waals surface area contributed by atoms with E-state index in [0.29, 0.717) is 28.7 Å². The molecule has 1 atom stereocenters. The topological polar surface area (TPSA) is 102 Å². The number of hydrogen-bond donors (Lipinski definition) is 1. The summed E-state index contributed by atoms with van der Waals surface area (Å²) in [5.74, 6) is 2.11. The molecule has 0 radical (unpaired) electrons. The second kappa shape index (κ2) is 8.36. The first-order valence-corrected chi connectivity index (χ1v) is 11.7. The van der Waals surface area contributed by atoms with Crippen molar-refractivity contribution in [3.05, 3.63) is 75.3 Å². The fourth-order valence-electron chi connectivity index (χ4n) is 3.46. The highest BCUT2D eigenvalue weighted by Crippen LogP contribution is 2.35. The first-order valence-electron chi connectivity index (χ1n) is 10.0. The van der Waals surface area contributed by atoms with Crippen molar-refractivity contribution in [1.29, 1.82) is 0 Å². The monoisotopic (exact) mass is 464 g/mol. The van der Waals surface area contributed by atoms with Crippen LogP contribution >= 0.6 is 23.1 Å². The molecule has 0 aliphatic carbocycles. The summed E-state index contributed by atoms with van der Waals surface area (Å²) in [7, 11) is 0. The van der Waals surface area contributed by atoms with Crippen molar-refractivity contribution in [2.24, 2.45) is 0 Å². The van der Waals surface area contributed by atoms with Crippen molar-refractivity contribution in [1.82, 2.24) is 29.7 Å². The first-order chi connectivity index (χ1) is 15.5. The molecule has 10 heteroatoms. The number of aromatic amines is 1. The molecular formula is C22H20N6O2S2. The van der Waals surface area contributed by atoms with E-state index >= 15 is 0 Å². The molecule has 5 aromatic rings. The van der Waals surface area contributed by atoms with Gasteiger partial charge in [-0.15, -0.1) is 21.5 Å². The molecule has 0 aliphatic heterocycles. The van der Waals surface area contributed by atoms with Crippen LogP contribution in [0.3, 0.4) is 0 Å². The van der Waals surface area contributed by atoms with Gasteiger partial charge in [0.2, 0.25) is 0 Å². The molecule has 1 unspecified atom stereocenters. The summed E-state index contributed by atoms with van der Waals surface area (Å²) in [6.45, 7) is 6.44. The van der Waals surface area contributed by atoms with Crippen LogP contribution in [0.2, 0.25) is 0 Å². The molecular weight excluding hydrogens is 444 g/mol. The van der Waals surface area contributed by atoms with Crippen LogP contribution in [-0.4, -0.2) is 29.7 Å². The smallest absolute Gasteiger partial charge is 0.259 e. The van der Waals surface area contributed by atoms with Crippen molar-refractivity contribution in [3.8, 4) is 11.4 Å². The van der Waals surface area contributed by atoms with E-state index < -0.39 is 0 Å². The molecule has 0 fully saturated rings. The van der Waals surface area contributed by atoms with Gasteiger partial charge in [-0.2, -0.15) is 0 Å². The van der Waals surface area contributed by atoms with Gasteiger partial charge < -0.3 is 9.40 Å². The number of aromatic nitrogens is 6. The van der Waals surface area contributed by atoms with E-state index in [1.165, 1.54) is 11.8 Å².